The number of benzene rings is 2. The molecule has 6 nitrogen and oxygen atoms in total. The molecular weight excluding hydrogens is 480 g/mol. The van der Waals surface area contributed by atoms with Gasteiger partial charge in [-0.15, -0.1) is 0 Å². The van der Waals surface area contributed by atoms with Crippen LogP contribution in [-0.2, 0) is 20.3 Å². The number of hydrogen-bond donors (Lipinski definition) is 0. The first-order valence-electron chi connectivity index (χ1n) is 13.5. The van der Waals surface area contributed by atoms with Crippen molar-refractivity contribution in [2.75, 3.05) is 0 Å². The van der Waals surface area contributed by atoms with Gasteiger partial charge in [-0.1, -0.05) is 45.0 Å². The summed E-state index contributed by atoms with van der Waals surface area (Å²) in [5.41, 5.74) is 1.36. The van der Waals surface area contributed by atoms with Crippen molar-refractivity contribution in [3.63, 3.8) is 0 Å². The van der Waals surface area contributed by atoms with E-state index in [1.54, 1.807) is 0 Å². The molecule has 208 valence electrons. The maximum Gasteiger partial charge on any atom is 0.514 e. The van der Waals surface area contributed by atoms with Crippen LogP contribution in [-0.4, -0.2) is 23.5 Å². The van der Waals surface area contributed by atoms with E-state index in [1.807, 2.05) is 65.8 Å². The first-order chi connectivity index (χ1) is 17.5. The minimum absolute atomic E-state index is 0.0170. The Bertz CT molecular complexity index is 1090. The van der Waals surface area contributed by atoms with E-state index in [2.05, 4.69) is 45.0 Å². The molecule has 0 aromatic heterocycles. The molecule has 0 saturated heterocycles. The van der Waals surface area contributed by atoms with Crippen molar-refractivity contribution < 1.29 is 28.5 Å². The largest absolute Gasteiger partial charge is 0.514 e. The SMILES string of the molecule is CC(C)(C)OC(=O)Oc1ccc(C2(C)CCC(C(C)(C)c3ccc(OC(=O)OC(C)(C)C)cc3)CC2)cc1. The molecule has 1 aliphatic carbocycles. The van der Waals surface area contributed by atoms with Gasteiger partial charge in [-0.2, -0.15) is 0 Å². The third-order valence-electron chi connectivity index (χ3n) is 7.44. The molecular formula is C32H44O6. The summed E-state index contributed by atoms with van der Waals surface area (Å²) in [7, 11) is 0. The third-order valence-corrected chi connectivity index (χ3v) is 7.44. The second-order valence-electron chi connectivity index (χ2n) is 13.2. The highest BCUT2D eigenvalue weighted by molar-refractivity contribution is 5.65. The van der Waals surface area contributed by atoms with Gasteiger partial charge in [-0.3, -0.25) is 0 Å². The standard InChI is InChI=1S/C32H44O6/c1-29(2,3)37-27(33)35-25-14-10-22(11-15-25)31(7,8)23-18-20-32(9,21-19-23)24-12-16-26(17-13-24)36-28(34)38-30(4,5)6/h10-17,23H,18-21H2,1-9H3. The van der Waals surface area contributed by atoms with Crippen LogP contribution in [0.5, 0.6) is 11.5 Å². The van der Waals surface area contributed by atoms with Crippen LogP contribution in [0.15, 0.2) is 48.5 Å². The molecule has 6 heteroatoms. The van der Waals surface area contributed by atoms with E-state index in [0.29, 0.717) is 17.4 Å². The zero-order chi connectivity index (χ0) is 28.4. The van der Waals surface area contributed by atoms with Crippen molar-refractivity contribution in [1.82, 2.24) is 0 Å². The fourth-order valence-corrected chi connectivity index (χ4v) is 5.11. The Morgan fingerprint density at radius 2 is 1.08 bits per heavy atom. The Kier molecular flexibility index (Phi) is 8.55. The number of carbonyl (C=O) groups is 2. The highest BCUT2D eigenvalue weighted by Crippen LogP contribution is 2.48. The molecule has 0 heterocycles. The minimum atomic E-state index is -0.694. The lowest BCUT2D eigenvalue weighted by Gasteiger charge is -2.44. The lowest BCUT2D eigenvalue weighted by atomic mass is 9.60. The molecule has 2 aromatic carbocycles. The number of ether oxygens (including phenoxy) is 4. The normalized spacial score (nSPS) is 20.4. The Balaban J connectivity index is 1.59. The fraction of sp³-hybridized carbons (Fsp3) is 0.562. The van der Waals surface area contributed by atoms with E-state index in [4.69, 9.17) is 18.9 Å². The molecule has 1 aliphatic rings. The van der Waals surface area contributed by atoms with Crippen LogP contribution < -0.4 is 9.47 Å². The second kappa shape index (κ2) is 11.0. The van der Waals surface area contributed by atoms with E-state index < -0.39 is 23.5 Å². The van der Waals surface area contributed by atoms with Gasteiger partial charge in [-0.25, -0.2) is 9.59 Å². The summed E-state index contributed by atoms with van der Waals surface area (Å²) in [6, 6.07) is 15.6. The van der Waals surface area contributed by atoms with E-state index in [0.717, 1.165) is 25.7 Å². The maximum absolute atomic E-state index is 12.0. The number of carbonyl (C=O) groups excluding carboxylic acids is 2. The number of rotatable bonds is 5. The average Bonchev–Trinajstić information content (AvgIpc) is 2.77. The molecule has 3 rings (SSSR count). The van der Waals surface area contributed by atoms with Crippen molar-refractivity contribution in [2.45, 2.75) is 110 Å². The lowest BCUT2D eigenvalue weighted by molar-refractivity contribution is 0.0193. The van der Waals surface area contributed by atoms with Gasteiger partial charge in [0.15, 0.2) is 0 Å². The summed E-state index contributed by atoms with van der Waals surface area (Å²) in [5.74, 6) is 1.50. The summed E-state index contributed by atoms with van der Waals surface area (Å²) in [6.07, 6.45) is 2.98. The van der Waals surface area contributed by atoms with Crippen LogP contribution in [0.1, 0.15) is 99.1 Å². The van der Waals surface area contributed by atoms with Gasteiger partial charge >= 0.3 is 12.3 Å². The predicted molar refractivity (Wildman–Crippen MR) is 149 cm³/mol. The lowest BCUT2D eigenvalue weighted by Crippen LogP contribution is -2.37. The molecule has 2 aromatic rings. The minimum Gasteiger partial charge on any atom is -0.428 e. The van der Waals surface area contributed by atoms with Crippen LogP contribution in [0, 0.1) is 5.92 Å². The molecule has 0 bridgehead atoms. The highest BCUT2D eigenvalue weighted by Gasteiger charge is 2.39. The summed E-state index contributed by atoms with van der Waals surface area (Å²) in [4.78, 5) is 23.9. The van der Waals surface area contributed by atoms with Crippen molar-refractivity contribution in [3.8, 4) is 11.5 Å². The number of hydrogen-bond acceptors (Lipinski definition) is 6. The monoisotopic (exact) mass is 524 g/mol. The fourth-order valence-electron chi connectivity index (χ4n) is 5.11. The highest BCUT2D eigenvalue weighted by atomic mass is 16.7. The molecule has 0 atom stereocenters. The Morgan fingerprint density at radius 3 is 1.47 bits per heavy atom. The maximum atomic E-state index is 12.0. The van der Waals surface area contributed by atoms with Crippen LogP contribution in [0.3, 0.4) is 0 Å². The molecule has 1 fully saturated rings. The van der Waals surface area contributed by atoms with E-state index in [9.17, 15) is 9.59 Å². The van der Waals surface area contributed by atoms with Gasteiger partial charge in [0.1, 0.15) is 22.7 Å². The van der Waals surface area contributed by atoms with Crippen molar-refractivity contribution in [1.29, 1.82) is 0 Å². The third kappa shape index (κ3) is 7.99. The van der Waals surface area contributed by atoms with E-state index in [1.165, 1.54) is 11.1 Å². The van der Waals surface area contributed by atoms with Gasteiger partial charge in [0, 0.05) is 0 Å². The van der Waals surface area contributed by atoms with Crippen molar-refractivity contribution in [2.24, 2.45) is 5.92 Å². The zero-order valence-corrected chi connectivity index (χ0v) is 24.5. The average molecular weight is 525 g/mol. The van der Waals surface area contributed by atoms with Crippen LogP contribution in [0.2, 0.25) is 0 Å². The van der Waals surface area contributed by atoms with Gasteiger partial charge in [0.25, 0.3) is 0 Å². The molecule has 0 unspecified atom stereocenters. The topological polar surface area (TPSA) is 71.1 Å². The Morgan fingerprint density at radius 1 is 0.684 bits per heavy atom. The van der Waals surface area contributed by atoms with Crippen LogP contribution >= 0.6 is 0 Å². The van der Waals surface area contributed by atoms with Gasteiger partial charge in [0.2, 0.25) is 0 Å². The smallest absolute Gasteiger partial charge is 0.428 e. The molecule has 0 spiro atoms. The summed E-state index contributed by atoms with van der Waals surface area (Å²) >= 11 is 0. The van der Waals surface area contributed by atoms with Crippen LogP contribution in [0.25, 0.3) is 0 Å². The van der Waals surface area contributed by atoms with Crippen molar-refractivity contribution >= 4 is 12.3 Å². The molecule has 0 amide bonds. The quantitative estimate of drug-likeness (QED) is 0.288. The summed E-state index contributed by atoms with van der Waals surface area (Å²) in [6.45, 7) is 17.8. The van der Waals surface area contributed by atoms with Gasteiger partial charge in [0.05, 0.1) is 0 Å². The molecule has 0 N–H and O–H groups in total. The molecule has 1 saturated carbocycles. The zero-order valence-electron chi connectivity index (χ0n) is 24.5. The molecule has 0 aliphatic heterocycles. The van der Waals surface area contributed by atoms with Gasteiger partial charge in [-0.05, 0) is 119 Å². The van der Waals surface area contributed by atoms with E-state index >= 15 is 0 Å². The Hall–Kier alpha value is -3.02. The summed E-state index contributed by atoms with van der Waals surface area (Å²) < 4.78 is 21.1. The second-order valence-corrected chi connectivity index (χ2v) is 13.2. The summed E-state index contributed by atoms with van der Waals surface area (Å²) in [5, 5.41) is 0. The van der Waals surface area contributed by atoms with Gasteiger partial charge < -0.3 is 18.9 Å². The van der Waals surface area contributed by atoms with Crippen LogP contribution in [0.4, 0.5) is 9.59 Å². The first-order valence-corrected chi connectivity index (χ1v) is 13.5. The molecule has 0 radical (unpaired) electrons. The van der Waals surface area contributed by atoms with E-state index in [-0.39, 0.29) is 10.8 Å². The molecule has 38 heavy (non-hydrogen) atoms. The first kappa shape index (κ1) is 29.5. The Labute approximate surface area is 228 Å². The van der Waals surface area contributed by atoms with Crippen molar-refractivity contribution in [3.05, 3.63) is 59.7 Å². The predicted octanol–water partition coefficient (Wildman–Crippen LogP) is 8.74.